The Hall–Kier alpha value is -1.99. The van der Waals surface area contributed by atoms with E-state index in [2.05, 4.69) is 5.10 Å². The lowest BCUT2D eigenvalue weighted by Crippen LogP contribution is -2.55. The fourth-order valence-electron chi connectivity index (χ4n) is 2.42. The summed E-state index contributed by atoms with van der Waals surface area (Å²) in [5.41, 5.74) is -6.59. The van der Waals surface area contributed by atoms with Crippen LogP contribution in [0.1, 0.15) is 12.8 Å². The normalized spacial score (nSPS) is 20.6. The smallest absolute Gasteiger partial charge is 0.362 e. The molecule has 1 heterocycles. The van der Waals surface area contributed by atoms with Gasteiger partial charge in [-0.3, -0.25) is 0 Å². The van der Waals surface area contributed by atoms with Crippen molar-refractivity contribution in [1.82, 2.24) is 0 Å². The van der Waals surface area contributed by atoms with Crippen molar-refractivity contribution in [2.75, 3.05) is 19.2 Å². The SMILES string of the molecule is COC(CC1=NN(c2c(F)c(F)c(F)c(F)c2F)C(O)(C(F)(F)F)C1)OC. The first-order chi connectivity index (χ1) is 12.4. The van der Waals surface area contributed by atoms with Gasteiger partial charge >= 0.3 is 6.18 Å². The maximum absolute atomic E-state index is 13.9. The number of hydrogen-bond donors (Lipinski definition) is 1. The minimum atomic E-state index is -5.56. The van der Waals surface area contributed by atoms with Crippen molar-refractivity contribution < 1.29 is 49.7 Å². The molecule has 1 aliphatic rings. The molecule has 0 amide bonds. The lowest BCUT2D eigenvalue weighted by Gasteiger charge is -2.34. The molecular weight excluding hydrogens is 396 g/mol. The largest absolute Gasteiger partial charge is 0.438 e. The molecule has 0 bridgehead atoms. The number of halogens is 8. The zero-order valence-corrected chi connectivity index (χ0v) is 13.7. The molecule has 0 radical (unpaired) electrons. The number of anilines is 1. The molecule has 1 atom stereocenters. The summed E-state index contributed by atoms with van der Waals surface area (Å²) in [6.45, 7) is 0. The van der Waals surface area contributed by atoms with Crippen molar-refractivity contribution in [3.63, 3.8) is 0 Å². The van der Waals surface area contributed by atoms with Gasteiger partial charge in [-0.05, 0) is 0 Å². The van der Waals surface area contributed by atoms with Crippen LogP contribution in [0.2, 0.25) is 0 Å². The topological polar surface area (TPSA) is 54.3 Å². The van der Waals surface area contributed by atoms with Crippen LogP contribution in [0.5, 0.6) is 0 Å². The van der Waals surface area contributed by atoms with Crippen LogP contribution in [0.4, 0.5) is 40.8 Å². The van der Waals surface area contributed by atoms with Gasteiger partial charge in [0.05, 0.1) is 0 Å². The Morgan fingerprint density at radius 1 is 1.00 bits per heavy atom. The quantitative estimate of drug-likeness (QED) is 0.352. The van der Waals surface area contributed by atoms with Crippen LogP contribution in [-0.2, 0) is 9.47 Å². The van der Waals surface area contributed by atoms with E-state index in [0.29, 0.717) is 0 Å². The van der Waals surface area contributed by atoms with Gasteiger partial charge in [-0.2, -0.15) is 18.3 Å². The Kier molecular flexibility index (Phi) is 5.69. The van der Waals surface area contributed by atoms with E-state index in [1.165, 1.54) is 0 Å². The van der Waals surface area contributed by atoms with Crippen LogP contribution in [0.3, 0.4) is 0 Å². The standard InChI is InChI=1S/C14H12F8N2O3/c1-26-6(27-2)3-5-4-13(25,14(20,21)22)24(23-5)12-10(18)8(16)7(15)9(17)11(12)19/h6,25H,3-4H2,1-2H3. The van der Waals surface area contributed by atoms with Crippen LogP contribution in [0.25, 0.3) is 0 Å². The zero-order chi connectivity index (χ0) is 20.7. The fourth-order valence-corrected chi connectivity index (χ4v) is 2.42. The van der Waals surface area contributed by atoms with E-state index in [1.807, 2.05) is 0 Å². The number of hydrogen-bond acceptors (Lipinski definition) is 5. The van der Waals surface area contributed by atoms with E-state index in [1.54, 1.807) is 0 Å². The average Bonchev–Trinajstić information content (AvgIpc) is 2.93. The van der Waals surface area contributed by atoms with Gasteiger partial charge in [0, 0.05) is 32.8 Å². The molecule has 13 heteroatoms. The van der Waals surface area contributed by atoms with Crippen LogP contribution in [0, 0.1) is 29.1 Å². The Balaban J connectivity index is 2.65. The van der Waals surface area contributed by atoms with E-state index in [0.717, 1.165) is 14.2 Å². The highest BCUT2D eigenvalue weighted by atomic mass is 19.4. The molecule has 0 spiro atoms. The van der Waals surface area contributed by atoms with E-state index < -0.39 is 76.5 Å². The minimum absolute atomic E-state index is 0.475. The summed E-state index contributed by atoms with van der Waals surface area (Å²) in [6.07, 6.45) is -8.50. The highest BCUT2D eigenvalue weighted by molar-refractivity contribution is 5.90. The Labute approximate surface area is 146 Å². The van der Waals surface area contributed by atoms with E-state index in [9.17, 15) is 40.2 Å². The third-order valence-electron chi connectivity index (χ3n) is 3.82. The molecule has 2 rings (SSSR count). The van der Waals surface area contributed by atoms with Crippen LogP contribution >= 0.6 is 0 Å². The molecule has 1 aliphatic heterocycles. The summed E-state index contributed by atoms with van der Waals surface area (Å²) in [5, 5.41) is 12.6. The predicted molar refractivity (Wildman–Crippen MR) is 74.2 cm³/mol. The van der Waals surface area contributed by atoms with Gasteiger partial charge in [0.1, 0.15) is 5.69 Å². The lowest BCUT2D eigenvalue weighted by molar-refractivity contribution is -0.254. The fraction of sp³-hybridized carbons (Fsp3) is 0.500. The van der Waals surface area contributed by atoms with Crippen molar-refractivity contribution in [1.29, 1.82) is 0 Å². The highest BCUT2D eigenvalue weighted by Crippen LogP contribution is 2.45. The Bertz CT molecular complexity index is 737. The van der Waals surface area contributed by atoms with Gasteiger partial charge in [0.2, 0.25) is 5.82 Å². The summed E-state index contributed by atoms with van der Waals surface area (Å²) in [7, 11) is 2.28. The van der Waals surface area contributed by atoms with Crippen LogP contribution < -0.4 is 5.01 Å². The molecule has 0 aliphatic carbocycles. The van der Waals surface area contributed by atoms with Gasteiger partial charge < -0.3 is 14.6 Å². The monoisotopic (exact) mass is 408 g/mol. The molecule has 1 aromatic carbocycles. The molecular formula is C14H12F8N2O3. The second-order valence-corrected chi connectivity index (χ2v) is 5.49. The van der Waals surface area contributed by atoms with E-state index in [4.69, 9.17) is 9.47 Å². The summed E-state index contributed by atoms with van der Waals surface area (Å²) in [6, 6.07) is 0. The van der Waals surface area contributed by atoms with Gasteiger partial charge in [-0.15, -0.1) is 0 Å². The molecule has 152 valence electrons. The van der Waals surface area contributed by atoms with Crippen molar-refractivity contribution in [2.24, 2.45) is 5.10 Å². The first-order valence-corrected chi connectivity index (χ1v) is 7.11. The molecule has 0 fully saturated rings. The third-order valence-corrected chi connectivity index (χ3v) is 3.82. The molecule has 5 nitrogen and oxygen atoms in total. The summed E-state index contributed by atoms with van der Waals surface area (Å²) in [4.78, 5) is 0. The molecule has 1 aromatic rings. The number of methoxy groups -OCH3 is 2. The summed E-state index contributed by atoms with van der Waals surface area (Å²) >= 11 is 0. The van der Waals surface area contributed by atoms with Crippen LogP contribution in [-0.4, -0.2) is 43.2 Å². The predicted octanol–water partition coefficient (Wildman–Crippen LogP) is 3.21. The molecule has 0 saturated carbocycles. The highest BCUT2D eigenvalue weighted by Gasteiger charge is 2.63. The second-order valence-electron chi connectivity index (χ2n) is 5.49. The second kappa shape index (κ2) is 7.20. The summed E-state index contributed by atoms with van der Waals surface area (Å²) in [5.74, 6) is -12.7. The number of rotatable bonds is 5. The maximum atomic E-state index is 13.9. The average molecular weight is 408 g/mol. The lowest BCUT2D eigenvalue weighted by atomic mass is 10.0. The number of nitrogens with zero attached hydrogens (tertiary/aromatic N) is 2. The third kappa shape index (κ3) is 3.46. The van der Waals surface area contributed by atoms with Gasteiger partial charge in [0.25, 0.3) is 5.72 Å². The summed E-state index contributed by atoms with van der Waals surface area (Å²) < 4.78 is 117. The van der Waals surface area contributed by atoms with Gasteiger partial charge in [0.15, 0.2) is 29.6 Å². The van der Waals surface area contributed by atoms with Crippen molar-refractivity contribution in [3.05, 3.63) is 29.1 Å². The van der Waals surface area contributed by atoms with Crippen molar-refractivity contribution in [3.8, 4) is 0 Å². The minimum Gasteiger partial charge on any atom is -0.362 e. The Morgan fingerprint density at radius 2 is 1.44 bits per heavy atom. The first kappa shape index (κ1) is 21.3. The molecule has 0 aromatic heterocycles. The molecule has 0 saturated heterocycles. The number of benzene rings is 1. The number of hydrazone groups is 1. The zero-order valence-electron chi connectivity index (χ0n) is 13.7. The molecule has 27 heavy (non-hydrogen) atoms. The number of ether oxygens (including phenoxy) is 2. The van der Waals surface area contributed by atoms with Gasteiger partial charge in [-0.25, -0.2) is 27.0 Å². The van der Waals surface area contributed by atoms with Crippen LogP contribution in [0.15, 0.2) is 5.10 Å². The van der Waals surface area contributed by atoms with Gasteiger partial charge in [-0.1, -0.05) is 0 Å². The van der Waals surface area contributed by atoms with Crippen molar-refractivity contribution >= 4 is 11.4 Å². The molecule has 1 N–H and O–H groups in total. The maximum Gasteiger partial charge on any atom is 0.438 e. The van der Waals surface area contributed by atoms with E-state index >= 15 is 0 Å². The number of aliphatic hydroxyl groups is 1. The molecule has 1 unspecified atom stereocenters. The Morgan fingerprint density at radius 3 is 1.85 bits per heavy atom. The van der Waals surface area contributed by atoms with Crippen molar-refractivity contribution in [2.45, 2.75) is 31.0 Å². The first-order valence-electron chi connectivity index (χ1n) is 7.11. The number of alkyl halides is 3. The van der Waals surface area contributed by atoms with E-state index in [-0.39, 0.29) is 0 Å².